The minimum Gasteiger partial charge on any atom is -0.493 e. The molecule has 1 amide bonds. The first-order valence-corrected chi connectivity index (χ1v) is 12.7. The highest BCUT2D eigenvalue weighted by atomic mass is 79.9. The second kappa shape index (κ2) is 11.2. The fraction of sp³-hybridized carbons (Fsp3) is 0.280. The number of nitrogens with one attached hydrogen (secondary N) is 1. The predicted octanol–water partition coefficient (Wildman–Crippen LogP) is 5.20. The summed E-state index contributed by atoms with van der Waals surface area (Å²) in [5.41, 5.74) is 0.781. The van der Waals surface area contributed by atoms with Gasteiger partial charge < -0.3 is 18.9 Å². The van der Waals surface area contributed by atoms with Gasteiger partial charge in [0.15, 0.2) is 28.8 Å². The Morgan fingerprint density at radius 2 is 1.78 bits per heavy atom. The summed E-state index contributed by atoms with van der Waals surface area (Å²) in [5.74, 6) is 1.90. The molecule has 0 saturated heterocycles. The number of thioether (sulfide) groups is 1. The molecule has 2 aromatic carbocycles. The molecule has 0 unspecified atom stereocenters. The number of halogens is 1. The van der Waals surface area contributed by atoms with Gasteiger partial charge in [0, 0.05) is 5.92 Å². The van der Waals surface area contributed by atoms with Crippen molar-refractivity contribution in [2.24, 2.45) is 16.0 Å². The zero-order valence-corrected chi connectivity index (χ0v) is 22.6. The number of amidine groups is 2. The summed E-state index contributed by atoms with van der Waals surface area (Å²) in [6.07, 6.45) is 1.60. The summed E-state index contributed by atoms with van der Waals surface area (Å²) in [5, 5.41) is 15.6. The van der Waals surface area contributed by atoms with Gasteiger partial charge in [0.25, 0.3) is 5.91 Å². The Bertz CT molecular complexity index is 1290. The van der Waals surface area contributed by atoms with E-state index in [4.69, 9.17) is 24.4 Å². The summed E-state index contributed by atoms with van der Waals surface area (Å²) in [4.78, 5) is 16.8. The Morgan fingerprint density at radius 3 is 2.47 bits per heavy atom. The van der Waals surface area contributed by atoms with Crippen molar-refractivity contribution in [1.29, 1.82) is 5.41 Å². The monoisotopic (exact) mass is 572 g/mol. The molecule has 4 rings (SSSR count). The lowest BCUT2D eigenvalue weighted by molar-refractivity contribution is -0.114. The predicted molar refractivity (Wildman–Crippen MR) is 145 cm³/mol. The number of hydrazone groups is 1. The van der Waals surface area contributed by atoms with Gasteiger partial charge >= 0.3 is 0 Å². The molecular weight excluding hydrogens is 548 g/mol. The van der Waals surface area contributed by atoms with Gasteiger partial charge in [-0.2, -0.15) is 15.1 Å². The first-order valence-electron chi connectivity index (χ1n) is 11.1. The molecular formula is C25H25BrN4O5S. The minimum atomic E-state index is -0.483. The lowest BCUT2D eigenvalue weighted by atomic mass is 10.1. The van der Waals surface area contributed by atoms with Crippen LogP contribution in [0.25, 0.3) is 6.08 Å². The topological polar surface area (TPSA) is 106 Å². The van der Waals surface area contributed by atoms with Crippen LogP contribution >= 0.6 is 27.7 Å². The number of rotatable bonds is 9. The number of methoxy groups -OCH3 is 2. The van der Waals surface area contributed by atoms with Crippen molar-refractivity contribution >= 4 is 55.7 Å². The van der Waals surface area contributed by atoms with E-state index in [-0.39, 0.29) is 23.9 Å². The average molecular weight is 573 g/mol. The smallest absolute Gasteiger partial charge is 0.283 e. The fourth-order valence-corrected chi connectivity index (χ4v) is 4.87. The molecule has 0 bridgehead atoms. The number of aliphatic imine (C=N–C) groups is 1. The number of carbonyl (C=O) groups is 1. The van der Waals surface area contributed by atoms with Crippen molar-refractivity contribution in [3.05, 3.63) is 52.0 Å². The number of fused-ring (bicyclic) bond motifs is 1. The number of ether oxygens (including phenoxy) is 4. The molecule has 0 fully saturated rings. The Kier molecular flexibility index (Phi) is 8.00. The molecule has 2 aliphatic rings. The van der Waals surface area contributed by atoms with E-state index in [0.29, 0.717) is 44.8 Å². The number of hydrogen-bond donors (Lipinski definition) is 1. The normalized spacial score (nSPS) is 16.2. The third-order valence-corrected chi connectivity index (χ3v) is 6.98. The maximum absolute atomic E-state index is 12.7. The highest BCUT2D eigenvalue weighted by Gasteiger charge is 2.36. The summed E-state index contributed by atoms with van der Waals surface area (Å²) < 4.78 is 23.1. The number of nitrogens with zero attached hydrogens (tertiary/aromatic N) is 3. The molecule has 0 aliphatic carbocycles. The summed E-state index contributed by atoms with van der Waals surface area (Å²) in [6, 6.07) is 10.9. The minimum absolute atomic E-state index is 0.0166. The molecule has 0 saturated carbocycles. The van der Waals surface area contributed by atoms with Gasteiger partial charge in [0.2, 0.25) is 5.17 Å². The van der Waals surface area contributed by atoms with Gasteiger partial charge in [-0.05, 0) is 63.6 Å². The molecule has 0 aromatic heterocycles. The van der Waals surface area contributed by atoms with Crippen LogP contribution in [0.4, 0.5) is 0 Å². The van der Waals surface area contributed by atoms with E-state index >= 15 is 0 Å². The van der Waals surface area contributed by atoms with Crippen molar-refractivity contribution < 1.29 is 23.7 Å². The molecule has 188 valence electrons. The molecule has 0 atom stereocenters. The van der Waals surface area contributed by atoms with E-state index in [2.05, 4.69) is 26.0 Å². The number of benzene rings is 2. The van der Waals surface area contributed by atoms with E-state index in [9.17, 15) is 4.79 Å². The Labute approximate surface area is 221 Å². The number of carbonyl (C=O) groups excluding carboxylic acids is 1. The van der Waals surface area contributed by atoms with Crippen molar-refractivity contribution in [3.8, 4) is 23.0 Å². The summed E-state index contributed by atoms with van der Waals surface area (Å²) in [6.45, 7) is 4.56. The Balaban J connectivity index is 1.49. The Morgan fingerprint density at radius 1 is 1.08 bits per heavy atom. The van der Waals surface area contributed by atoms with Crippen molar-refractivity contribution in [3.63, 3.8) is 0 Å². The van der Waals surface area contributed by atoms with Gasteiger partial charge in [-0.3, -0.25) is 10.2 Å². The highest BCUT2D eigenvalue weighted by molar-refractivity contribution is 9.10. The van der Waals surface area contributed by atoms with Gasteiger partial charge in [-0.15, -0.1) is 0 Å². The van der Waals surface area contributed by atoms with Crippen LogP contribution in [0.15, 0.2) is 56.5 Å². The average Bonchev–Trinajstić information content (AvgIpc) is 3.30. The number of hydrogen-bond acceptors (Lipinski definition) is 8. The molecule has 0 spiro atoms. The number of amides is 1. The van der Waals surface area contributed by atoms with Gasteiger partial charge in [-0.1, -0.05) is 26.0 Å². The van der Waals surface area contributed by atoms with Crippen LogP contribution in [0.1, 0.15) is 19.4 Å². The van der Waals surface area contributed by atoms with Crippen molar-refractivity contribution in [1.82, 2.24) is 5.01 Å². The van der Waals surface area contributed by atoms with Gasteiger partial charge in [-0.25, -0.2) is 0 Å². The van der Waals surface area contributed by atoms with E-state index in [1.165, 1.54) is 23.9 Å². The maximum Gasteiger partial charge on any atom is 0.283 e. The second-order valence-electron chi connectivity index (χ2n) is 7.99. The van der Waals surface area contributed by atoms with Crippen molar-refractivity contribution in [2.75, 3.05) is 27.4 Å². The lowest BCUT2D eigenvalue weighted by Gasteiger charge is -2.20. The van der Waals surface area contributed by atoms with Crippen LogP contribution in [-0.4, -0.2) is 54.4 Å². The van der Waals surface area contributed by atoms with Crippen LogP contribution in [0.5, 0.6) is 23.0 Å². The zero-order valence-electron chi connectivity index (χ0n) is 20.2. The van der Waals surface area contributed by atoms with Crippen LogP contribution in [0, 0.1) is 11.3 Å². The zero-order chi connectivity index (χ0) is 25.8. The van der Waals surface area contributed by atoms with Crippen molar-refractivity contribution in [2.45, 2.75) is 13.8 Å². The first kappa shape index (κ1) is 25.8. The second-order valence-corrected chi connectivity index (χ2v) is 9.84. The Hall–Kier alpha value is -3.31. The van der Waals surface area contributed by atoms with Gasteiger partial charge in [0.1, 0.15) is 18.3 Å². The lowest BCUT2D eigenvalue weighted by Crippen LogP contribution is -2.35. The molecule has 2 heterocycles. The molecule has 9 nitrogen and oxygen atoms in total. The molecule has 2 aromatic rings. The molecule has 0 radical (unpaired) electrons. The number of para-hydroxylation sites is 2. The quantitative estimate of drug-likeness (QED) is 0.325. The molecule has 11 heteroatoms. The maximum atomic E-state index is 12.7. The fourth-order valence-electron chi connectivity index (χ4n) is 3.40. The highest BCUT2D eigenvalue weighted by Crippen LogP contribution is 2.38. The van der Waals surface area contributed by atoms with E-state index in [1.54, 1.807) is 25.3 Å². The summed E-state index contributed by atoms with van der Waals surface area (Å²) >= 11 is 4.84. The van der Waals surface area contributed by atoms with Crippen LogP contribution in [0.3, 0.4) is 0 Å². The largest absolute Gasteiger partial charge is 0.493 e. The van der Waals surface area contributed by atoms with E-state index < -0.39 is 5.91 Å². The van der Waals surface area contributed by atoms with Gasteiger partial charge in [0.05, 0.1) is 24.3 Å². The molecule has 1 N–H and O–H groups in total. The third kappa shape index (κ3) is 5.41. The first-order chi connectivity index (χ1) is 17.3. The van der Waals surface area contributed by atoms with E-state index in [0.717, 1.165) is 5.04 Å². The van der Waals surface area contributed by atoms with Crippen LogP contribution in [0.2, 0.25) is 0 Å². The molecule has 36 heavy (non-hydrogen) atoms. The van der Waals surface area contributed by atoms with Crippen LogP contribution < -0.4 is 18.9 Å². The molecule has 2 aliphatic heterocycles. The third-order valence-electron chi connectivity index (χ3n) is 5.18. The summed E-state index contributed by atoms with van der Waals surface area (Å²) in [7, 11) is 3.12. The SMILES string of the molecule is COc1ccccc1OCCOc1c(Br)cc(/C=C2/C(=N)N3N=C(C(C)C)SC3=NC2=O)cc1OC. The van der Waals surface area contributed by atoms with Crippen LogP contribution in [-0.2, 0) is 4.79 Å². The standard InChI is InChI=1S/C25H25BrN4O5S/c1-14(2)24-29-30-22(27)16(23(31)28-25(30)36-24)11-15-12-17(26)21(20(13-15)33-4)35-10-9-34-19-8-6-5-7-18(19)32-3/h5-8,11-14,27H,9-10H2,1-4H3/b16-11-,27-22?. The van der Waals surface area contributed by atoms with E-state index in [1.807, 2.05) is 38.1 Å².